The Labute approximate surface area is 110 Å². The van der Waals surface area contributed by atoms with Crippen molar-refractivity contribution < 1.29 is 4.74 Å². The first-order valence-corrected chi connectivity index (χ1v) is 6.76. The molecule has 1 atom stereocenters. The fraction of sp³-hybridized carbons (Fsp3) is 0.600. The van der Waals surface area contributed by atoms with E-state index < -0.39 is 0 Å². The second-order valence-corrected chi connectivity index (χ2v) is 5.19. The molecule has 1 saturated carbocycles. The molecule has 2 N–H and O–H groups in total. The van der Waals surface area contributed by atoms with E-state index in [9.17, 15) is 0 Å². The molecule has 0 heterocycles. The highest BCUT2D eigenvalue weighted by Gasteiger charge is 2.45. The van der Waals surface area contributed by atoms with Crippen LogP contribution in [0.5, 0.6) is 5.75 Å². The Bertz CT molecular complexity index is 380. The maximum absolute atomic E-state index is 6.09. The van der Waals surface area contributed by atoms with Crippen molar-refractivity contribution in [3.8, 4) is 5.75 Å². The van der Waals surface area contributed by atoms with Crippen LogP contribution in [0.1, 0.15) is 26.2 Å². The zero-order valence-electron chi connectivity index (χ0n) is 11.6. The third-order valence-electron chi connectivity index (χ3n) is 4.43. The molecule has 0 bridgehead atoms. The van der Waals surface area contributed by atoms with Crippen LogP contribution in [-0.4, -0.2) is 26.2 Å². The molecule has 100 valence electrons. The minimum absolute atomic E-state index is 0.120. The molecular weight excluding hydrogens is 224 g/mol. The molecule has 0 saturated heterocycles. The van der Waals surface area contributed by atoms with Crippen LogP contribution in [0.3, 0.4) is 0 Å². The molecule has 18 heavy (non-hydrogen) atoms. The molecule has 0 aliphatic heterocycles. The van der Waals surface area contributed by atoms with Gasteiger partial charge in [0.05, 0.1) is 12.6 Å². The van der Waals surface area contributed by atoms with Gasteiger partial charge in [-0.1, -0.05) is 6.92 Å². The SMILES string of the molecule is CCC(CN)(C1CC1)N(C)c1ccc(OC)cc1. The Balaban J connectivity index is 2.24. The van der Waals surface area contributed by atoms with Crippen molar-refractivity contribution in [2.45, 2.75) is 31.7 Å². The summed E-state index contributed by atoms with van der Waals surface area (Å²) in [5.74, 6) is 1.65. The molecule has 0 radical (unpaired) electrons. The van der Waals surface area contributed by atoms with Crippen molar-refractivity contribution >= 4 is 5.69 Å². The van der Waals surface area contributed by atoms with E-state index in [1.807, 2.05) is 12.1 Å². The van der Waals surface area contributed by atoms with E-state index in [-0.39, 0.29) is 5.54 Å². The van der Waals surface area contributed by atoms with Crippen LogP contribution in [-0.2, 0) is 0 Å². The Kier molecular flexibility index (Phi) is 3.81. The van der Waals surface area contributed by atoms with Crippen LogP contribution in [0.15, 0.2) is 24.3 Å². The van der Waals surface area contributed by atoms with Gasteiger partial charge in [0.1, 0.15) is 5.75 Å². The predicted molar refractivity (Wildman–Crippen MR) is 76.2 cm³/mol. The molecule has 0 amide bonds. The zero-order chi connectivity index (χ0) is 13.2. The lowest BCUT2D eigenvalue weighted by atomic mass is 9.88. The first-order chi connectivity index (χ1) is 8.67. The molecule has 2 rings (SSSR count). The number of hydrogen-bond donors (Lipinski definition) is 1. The summed E-state index contributed by atoms with van der Waals surface area (Å²) in [6, 6.07) is 8.24. The number of rotatable bonds is 6. The molecule has 1 fully saturated rings. The van der Waals surface area contributed by atoms with Crippen molar-refractivity contribution in [1.29, 1.82) is 0 Å². The maximum Gasteiger partial charge on any atom is 0.119 e. The van der Waals surface area contributed by atoms with Crippen LogP contribution < -0.4 is 15.4 Å². The van der Waals surface area contributed by atoms with E-state index in [1.54, 1.807) is 7.11 Å². The van der Waals surface area contributed by atoms with E-state index >= 15 is 0 Å². The van der Waals surface area contributed by atoms with Crippen LogP contribution in [0, 0.1) is 5.92 Å². The minimum Gasteiger partial charge on any atom is -0.497 e. The van der Waals surface area contributed by atoms with Crippen molar-refractivity contribution in [1.82, 2.24) is 0 Å². The normalized spacial score (nSPS) is 18.2. The number of ether oxygens (including phenoxy) is 1. The highest BCUT2D eigenvalue weighted by atomic mass is 16.5. The smallest absolute Gasteiger partial charge is 0.119 e. The third kappa shape index (κ3) is 2.19. The summed E-state index contributed by atoms with van der Waals surface area (Å²) >= 11 is 0. The predicted octanol–water partition coefficient (Wildman–Crippen LogP) is 2.65. The van der Waals surface area contributed by atoms with Gasteiger partial charge < -0.3 is 15.4 Å². The first-order valence-electron chi connectivity index (χ1n) is 6.76. The number of nitrogens with zero attached hydrogens (tertiary/aromatic N) is 1. The summed E-state index contributed by atoms with van der Waals surface area (Å²) in [6.45, 7) is 2.96. The summed E-state index contributed by atoms with van der Waals surface area (Å²) < 4.78 is 5.20. The number of methoxy groups -OCH3 is 1. The van der Waals surface area contributed by atoms with Gasteiger partial charge in [-0.2, -0.15) is 0 Å². The monoisotopic (exact) mass is 248 g/mol. The Hall–Kier alpha value is -1.22. The molecule has 1 unspecified atom stereocenters. The standard InChI is InChI=1S/C15H24N2O/c1-4-15(11-16,12-5-6-12)17(2)13-7-9-14(18-3)10-8-13/h7-10,12H,4-6,11,16H2,1-3H3. The second-order valence-electron chi connectivity index (χ2n) is 5.19. The lowest BCUT2D eigenvalue weighted by Crippen LogP contribution is -2.54. The Morgan fingerprint density at radius 2 is 1.94 bits per heavy atom. The highest BCUT2D eigenvalue weighted by Crippen LogP contribution is 2.45. The van der Waals surface area contributed by atoms with Gasteiger partial charge in [-0.05, 0) is 49.4 Å². The van der Waals surface area contributed by atoms with Gasteiger partial charge in [-0.25, -0.2) is 0 Å². The summed E-state index contributed by atoms with van der Waals surface area (Å²) in [7, 11) is 3.86. The molecule has 3 nitrogen and oxygen atoms in total. The molecule has 3 heteroatoms. The topological polar surface area (TPSA) is 38.5 Å². The zero-order valence-corrected chi connectivity index (χ0v) is 11.6. The van der Waals surface area contributed by atoms with Gasteiger partial charge in [0.15, 0.2) is 0 Å². The largest absolute Gasteiger partial charge is 0.497 e. The van der Waals surface area contributed by atoms with Gasteiger partial charge in [0, 0.05) is 19.3 Å². The molecule has 1 aromatic carbocycles. The van der Waals surface area contributed by atoms with Crippen molar-refractivity contribution in [2.24, 2.45) is 11.7 Å². The van der Waals surface area contributed by atoms with Crippen LogP contribution in [0.4, 0.5) is 5.69 Å². The van der Waals surface area contributed by atoms with Gasteiger partial charge in [-0.3, -0.25) is 0 Å². The average molecular weight is 248 g/mol. The molecule has 1 aromatic rings. The van der Waals surface area contributed by atoms with Gasteiger partial charge in [0.25, 0.3) is 0 Å². The molecule has 1 aliphatic rings. The highest BCUT2D eigenvalue weighted by molar-refractivity contribution is 5.51. The summed E-state index contributed by atoms with van der Waals surface area (Å²) in [5.41, 5.74) is 7.42. The number of hydrogen-bond acceptors (Lipinski definition) is 3. The minimum atomic E-state index is 0.120. The van der Waals surface area contributed by atoms with E-state index in [0.29, 0.717) is 0 Å². The summed E-state index contributed by atoms with van der Waals surface area (Å²) in [6.07, 6.45) is 3.72. The van der Waals surface area contributed by atoms with Gasteiger partial charge >= 0.3 is 0 Å². The first kappa shape index (κ1) is 13.2. The molecule has 0 aromatic heterocycles. The molecule has 1 aliphatic carbocycles. The van der Waals surface area contributed by atoms with E-state index in [4.69, 9.17) is 10.5 Å². The van der Waals surface area contributed by atoms with Crippen LogP contribution in [0.25, 0.3) is 0 Å². The second kappa shape index (κ2) is 5.19. The van der Waals surface area contributed by atoms with Crippen molar-refractivity contribution in [2.75, 3.05) is 25.6 Å². The fourth-order valence-corrected chi connectivity index (χ4v) is 2.93. The van der Waals surface area contributed by atoms with E-state index in [1.165, 1.54) is 18.5 Å². The Morgan fingerprint density at radius 3 is 2.33 bits per heavy atom. The molecule has 0 spiro atoms. The number of benzene rings is 1. The van der Waals surface area contributed by atoms with E-state index in [2.05, 4.69) is 31.0 Å². The van der Waals surface area contributed by atoms with Gasteiger partial charge in [-0.15, -0.1) is 0 Å². The van der Waals surface area contributed by atoms with E-state index in [0.717, 1.165) is 24.6 Å². The van der Waals surface area contributed by atoms with Gasteiger partial charge in [0.2, 0.25) is 0 Å². The fourth-order valence-electron chi connectivity index (χ4n) is 2.93. The third-order valence-corrected chi connectivity index (χ3v) is 4.43. The lowest BCUT2D eigenvalue weighted by Gasteiger charge is -2.43. The number of likely N-dealkylation sites (N-methyl/N-ethyl adjacent to an activating group) is 1. The summed E-state index contributed by atoms with van der Waals surface area (Å²) in [5, 5.41) is 0. The lowest BCUT2D eigenvalue weighted by molar-refractivity contribution is 0.349. The van der Waals surface area contributed by atoms with Crippen molar-refractivity contribution in [3.63, 3.8) is 0 Å². The number of nitrogens with two attached hydrogens (primary N) is 1. The maximum atomic E-state index is 6.09. The van der Waals surface area contributed by atoms with Crippen LogP contribution in [0.2, 0.25) is 0 Å². The molecular formula is C15H24N2O. The van der Waals surface area contributed by atoms with Crippen LogP contribution >= 0.6 is 0 Å². The Morgan fingerprint density at radius 1 is 1.33 bits per heavy atom. The summed E-state index contributed by atoms with van der Waals surface area (Å²) in [4.78, 5) is 2.37. The van der Waals surface area contributed by atoms with Crippen molar-refractivity contribution in [3.05, 3.63) is 24.3 Å². The number of anilines is 1. The average Bonchev–Trinajstić information content (AvgIpc) is 3.26. The quantitative estimate of drug-likeness (QED) is 0.841.